The lowest BCUT2D eigenvalue weighted by molar-refractivity contribution is 0.277. The van der Waals surface area contributed by atoms with Crippen LogP contribution in [0.2, 0.25) is 5.02 Å². The van der Waals surface area contributed by atoms with Gasteiger partial charge in [0, 0.05) is 10.6 Å². The average molecular weight is 300 g/mol. The van der Waals surface area contributed by atoms with Gasteiger partial charge in [-0.05, 0) is 30.7 Å². The van der Waals surface area contributed by atoms with E-state index in [1.807, 2.05) is 55.5 Å². The zero-order valence-electron chi connectivity index (χ0n) is 11.5. The van der Waals surface area contributed by atoms with Crippen LogP contribution in [0.1, 0.15) is 11.3 Å². The van der Waals surface area contributed by atoms with Gasteiger partial charge in [0.05, 0.1) is 12.3 Å². The van der Waals surface area contributed by atoms with Crippen LogP contribution in [0.15, 0.2) is 48.5 Å². The molecule has 2 aromatic carbocycles. The quantitative estimate of drug-likeness (QED) is 0.806. The number of halogens is 1. The van der Waals surface area contributed by atoms with Crippen molar-refractivity contribution in [3.8, 4) is 16.9 Å². The standard InChI is InChI=1S/C16H14ClN3O/c1-11-9-13(17)7-8-15(11)20-16(14(10-21)18-19-20)12-5-3-2-4-6-12/h2-9,21H,10H2,1H3. The van der Waals surface area contributed by atoms with E-state index in [0.29, 0.717) is 10.7 Å². The van der Waals surface area contributed by atoms with Gasteiger partial charge in [0.25, 0.3) is 0 Å². The Morgan fingerprint density at radius 3 is 2.57 bits per heavy atom. The Morgan fingerprint density at radius 1 is 1.14 bits per heavy atom. The first-order valence-electron chi connectivity index (χ1n) is 6.58. The van der Waals surface area contributed by atoms with E-state index in [2.05, 4.69) is 10.3 Å². The van der Waals surface area contributed by atoms with E-state index in [1.165, 1.54) is 0 Å². The van der Waals surface area contributed by atoms with E-state index in [1.54, 1.807) is 4.68 Å². The predicted molar refractivity (Wildman–Crippen MR) is 82.5 cm³/mol. The van der Waals surface area contributed by atoms with Gasteiger partial charge >= 0.3 is 0 Å². The minimum atomic E-state index is -0.156. The maximum absolute atomic E-state index is 9.52. The van der Waals surface area contributed by atoms with Crippen LogP contribution in [0, 0.1) is 6.92 Å². The summed E-state index contributed by atoms with van der Waals surface area (Å²) in [4.78, 5) is 0. The Hall–Kier alpha value is -2.17. The van der Waals surface area contributed by atoms with Crippen molar-refractivity contribution in [2.24, 2.45) is 0 Å². The Balaban J connectivity index is 2.22. The van der Waals surface area contributed by atoms with E-state index in [-0.39, 0.29) is 6.61 Å². The highest BCUT2D eigenvalue weighted by molar-refractivity contribution is 6.30. The second-order valence-corrected chi connectivity index (χ2v) is 5.19. The number of aromatic nitrogens is 3. The molecule has 0 aliphatic rings. The number of aliphatic hydroxyl groups is 1. The molecule has 0 bridgehead atoms. The van der Waals surface area contributed by atoms with Gasteiger partial charge in [-0.1, -0.05) is 47.1 Å². The molecule has 0 saturated heterocycles. The highest BCUT2D eigenvalue weighted by atomic mass is 35.5. The van der Waals surface area contributed by atoms with Crippen molar-refractivity contribution >= 4 is 11.6 Å². The molecule has 5 heteroatoms. The highest BCUT2D eigenvalue weighted by Crippen LogP contribution is 2.27. The summed E-state index contributed by atoms with van der Waals surface area (Å²) in [7, 11) is 0. The molecule has 0 aliphatic carbocycles. The third-order valence-corrected chi connectivity index (χ3v) is 3.56. The summed E-state index contributed by atoms with van der Waals surface area (Å²) in [5.74, 6) is 0. The summed E-state index contributed by atoms with van der Waals surface area (Å²) < 4.78 is 1.74. The summed E-state index contributed by atoms with van der Waals surface area (Å²) in [5.41, 5.74) is 4.19. The molecule has 0 radical (unpaired) electrons. The third kappa shape index (κ3) is 2.55. The first-order valence-corrected chi connectivity index (χ1v) is 6.96. The molecule has 0 aliphatic heterocycles. The van der Waals surface area contributed by atoms with Crippen LogP contribution >= 0.6 is 11.6 Å². The first kappa shape index (κ1) is 13.8. The third-order valence-electron chi connectivity index (χ3n) is 3.32. The Bertz CT molecular complexity index is 768. The normalized spacial score (nSPS) is 10.8. The van der Waals surface area contributed by atoms with Gasteiger partial charge in [-0.2, -0.15) is 0 Å². The molecule has 0 saturated carbocycles. The molecule has 106 valence electrons. The highest BCUT2D eigenvalue weighted by Gasteiger charge is 2.16. The smallest absolute Gasteiger partial charge is 0.117 e. The molecule has 1 N–H and O–H groups in total. The minimum Gasteiger partial charge on any atom is -0.390 e. The molecule has 0 atom stereocenters. The lowest BCUT2D eigenvalue weighted by Crippen LogP contribution is -2.02. The maximum Gasteiger partial charge on any atom is 0.117 e. The van der Waals surface area contributed by atoms with Gasteiger partial charge < -0.3 is 5.11 Å². The van der Waals surface area contributed by atoms with Gasteiger partial charge in [0.2, 0.25) is 0 Å². The fraction of sp³-hybridized carbons (Fsp3) is 0.125. The zero-order valence-corrected chi connectivity index (χ0v) is 12.2. The van der Waals surface area contributed by atoms with E-state index in [4.69, 9.17) is 11.6 Å². The van der Waals surface area contributed by atoms with Gasteiger partial charge in [0.1, 0.15) is 11.4 Å². The fourth-order valence-corrected chi connectivity index (χ4v) is 2.56. The molecule has 0 amide bonds. The predicted octanol–water partition coefficient (Wildman–Crippen LogP) is 3.39. The largest absolute Gasteiger partial charge is 0.390 e. The Labute approximate surface area is 127 Å². The minimum absolute atomic E-state index is 0.156. The van der Waals surface area contributed by atoms with Crippen molar-refractivity contribution in [3.05, 3.63) is 64.8 Å². The number of hydrogen-bond donors (Lipinski definition) is 1. The SMILES string of the molecule is Cc1cc(Cl)ccc1-n1nnc(CO)c1-c1ccccc1. The van der Waals surface area contributed by atoms with Crippen molar-refractivity contribution in [1.29, 1.82) is 0 Å². The topological polar surface area (TPSA) is 50.9 Å². The van der Waals surface area contributed by atoms with E-state index >= 15 is 0 Å². The number of aliphatic hydroxyl groups excluding tert-OH is 1. The molecule has 3 aromatic rings. The number of nitrogens with zero attached hydrogens (tertiary/aromatic N) is 3. The molecule has 3 rings (SSSR count). The lowest BCUT2D eigenvalue weighted by atomic mass is 10.1. The molecule has 1 aromatic heterocycles. The van der Waals surface area contributed by atoms with Gasteiger partial charge in [-0.15, -0.1) is 5.10 Å². The van der Waals surface area contributed by atoms with E-state index in [9.17, 15) is 5.11 Å². The Morgan fingerprint density at radius 2 is 1.90 bits per heavy atom. The monoisotopic (exact) mass is 299 g/mol. The molecule has 1 heterocycles. The van der Waals surface area contributed by atoms with Crippen LogP contribution in [-0.4, -0.2) is 20.1 Å². The fourth-order valence-electron chi connectivity index (χ4n) is 2.33. The summed E-state index contributed by atoms with van der Waals surface area (Å²) >= 11 is 6.01. The molecule has 0 fully saturated rings. The summed E-state index contributed by atoms with van der Waals surface area (Å²) in [6, 6.07) is 15.4. The van der Waals surface area contributed by atoms with Crippen LogP contribution < -0.4 is 0 Å². The molecule has 0 spiro atoms. The number of hydrogen-bond acceptors (Lipinski definition) is 3. The number of benzene rings is 2. The van der Waals surface area contributed by atoms with Crippen LogP contribution in [0.4, 0.5) is 0 Å². The zero-order chi connectivity index (χ0) is 14.8. The van der Waals surface area contributed by atoms with Gasteiger partial charge in [-0.25, -0.2) is 4.68 Å². The second-order valence-electron chi connectivity index (χ2n) is 4.75. The first-order chi connectivity index (χ1) is 10.2. The lowest BCUT2D eigenvalue weighted by Gasteiger charge is -2.10. The Kier molecular flexibility index (Phi) is 3.73. The van der Waals surface area contributed by atoms with E-state index in [0.717, 1.165) is 22.5 Å². The van der Waals surface area contributed by atoms with Crippen molar-refractivity contribution in [3.63, 3.8) is 0 Å². The van der Waals surface area contributed by atoms with Crippen LogP contribution in [-0.2, 0) is 6.61 Å². The summed E-state index contributed by atoms with van der Waals surface area (Å²) in [6.45, 7) is 1.81. The van der Waals surface area contributed by atoms with Gasteiger partial charge in [-0.3, -0.25) is 0 Å². The van der Waals surface area contributed by atoms with Crippen LogP contribution in [0.5, 0.6) is 0 Å². The molecule has 4 nitrogen and oxygen atoms in total. The molecule has 21 heavy (non-hydrogen) atoms. The summed E-state index contributed by atoms with van der Waals surface area (Å²) in [5, 5.41) is 18.5. The molecule has 0 unspecified atom stereocenters. The van der Waals surface area contributed by atoms with Crippen LogP contribution in [0.3, 0.4) is 0 Å². The average Bonchev–Trinajstić information content (AvgIpc) is 2.92. The maximum atomic E-state index is 9.52. The summed E-state index contributed by atoms with van der Waals surface area (Å²) in [6.07, 6.45) is 0. The second kappa shape index (κ2) is 5.68. The van der Waals surface area contributed by atoms with E-state index < -0.39 is 0 Å². The van der Waals surface area contributed by atoms with Crippen molar-refractivity contribution in [2.75, 3.05) is 0 Å². The molecular formula is C16H14ClN3O. The van der Waals surface area contributed by atoms with Crippen molar-refractivity contribution < 1.29 is 5.11 Å². The number of rotatable bonds is 3. The van der Waals surface area contributed by atoms with Crippen LogP contribution in [0.25, 0.3) is 16.9 Å². The van der Waals surface area contributed by atoms with Crippen molar-refractivity contribution in [2.45, 2.75) is 13.5 Å². The molecular weight excluding hydrogens is 286 g/mol. The van der Waals surface area contributed by atoms with Gasteiger partial charge in [0.15, 0.2) is 0 Å². The van der Waals surface area contributed by atoms with Crippen molar-refractivity contribution in [1.82, 2.24) is 15.0 Å². The number of aryl methyl sites for hydroxylation is 1.